The first-order valence-electron chi connectivity index (χ1n) is 13.0. The van der Waals surface area contributed by atoms with Crippen LogP contribution < -0.4 is 15.4 Å². The van der Waals surface area contributed by atoms with Gasteiger partial charge in [0, 0.05) is 12.6 Å². The maximum atomic E-state index is 14.0. The second-order valence-corrected chi connectivity index (χ2v) is 13.6. The van der Waals surface area contributed by atoms with E-state index in [1.165, 1.54) is 10.4 Å². The second kappa shape index (κ2) is 11.4. The highest BCUT2D eigenvalue weighted by Gasteiger charge is 2.56. The largest absolute Gasteiger partial charge is 0.487 e. The van der Waals surface area contributed by atoms with Crippen molar-refractivity contribution in [1.82, 2.24) is 19.8 Å². The number of likely N-dealkylation sites (tertiary alicyclic amines) is 1. The average Bonchev–Trinajstić information content (AvgIpc) is 3.38. The number of rotatable bonds is 9. The van der Waals surface area contributed by atoms with Crippen molar-refractivity contribution in [3.05, 3.63) is 29.8 Å². The normalized spacial score (nSPS) is 23.8. The van der Waals surface area contributed by atoms with Crippen LogP contribution in [0.1, 0.15) is 48.0 Å². The van der Waals surface area contributed by atoms with Crippen molar-refractivity contribution in [2.75, 3.05) is 25.9 Å². The lowest BCUT2D eigenvalue weighted by atomic mass is 9.85. The third kappa shape index (κ3) is 6.45. The smallest absolute Gasteiger partial charge is 0.246 e. The molecule has 2 amide bonds. The number of sulfonamides is 1. The predicted octanol–water partition coefficient (Wildman–Crippen LogP) is 2.12. The van der Waals surface area contributed by atoms with Gasteiger partial charge in [0.2, 0.25) is 21.8 Å². The number of carbonyl (C=O) groups excluding carboxylic acids is 2. The van der Waals surface area contributed by atoms with Crippen molar-refractivity contribution in [2.24, 2.45) is 11.3 Å². The Hall–Kier alpha value is -2.31. The van der Waals surface area contributed by atoms with Crippen LogP contribution in [0.25, 0.3) is 0 Å². The average molecular weight is 559 g/mol. The molecule has 0 bridgehead atoms. The Labute approximate surface area is 224 Å². The van der Waals surface area contributed by atoms with E-state index in [1.807, 2.05) is 34.6 Å². The topological polar surface area (TPSA) is 108 Å². The molecule has 0 saturated carbocycles. The lowest BCUT2D eigenvalue weighted by Crippen LogP contribution is -2.59. The maximum Gasteiger partial charge on any atom is 0.246 e. The number of fused-ring (bicyclic) bond motifs is 1. The summed E-state index contributed by atoms with van der Waals surface area (Å²) in [5.41, 5.74) is -0.642. The minimum atomic E-state index is -3.68. The van der Waals surface area contributed by atoms with Crippen LogP contribution in [0.2, 0.25) is 0 Å². The molecule has 0 aliphatic carbocycles. The summed E-state index contributed by atoms with van der Waals surface area (Å²) in [7, 11) is -2.03. The van der Waals surface area contributed by atoms with Crippen LogP contribution in [0.15, 0.2) is 18.2 Å². The molecule has 2 heterocycles. The van der Waals surface area contributed by atoms with E-state index in [-0.39, 0.29) is 42.3 Å². The first kappa shape index (κ1) is 30.2. The zero-order valence-corrected chi connectivity index (χ0v) is 23.9. The number of hydrogen-bond acceptors (Lipinski definition) is 6. The lowest BCUT2D eigenvalue weighted by molar-refractivity contribution is -0.141. The Balaban J connectivity index is 1.97. The third-order valence-electron chi connectivity index (χ3n) is 7.12. The number of ether oxygens (including phenoxy) is 1. The van der Waals surface area contributed by atoms with Crippen LogP contribution >= 0.6 is 0 Å². The van der Waals surface area contributed by atoms with E-state index >= 15 is 0 Å². The van der Waals surface area contributed by atoms with E-state index in [0.717, 1.165) is 12.1 Å². The number of benzene rings is 1. The van der Waals surface area contributed by atoms with E-state index in [4.69, 9.17) is 4.74 Å². The van der Waals surface area contributed by atoms with Crippen LogP contribution in [-0.2, 0) is 19.6 Å². The molecular weight excluding hydrogens is 518 g/mol. The molecule has 5 atom stereocenters. The molecule has 2 aliphatic heterocycles. The fourth-order valence-corrected chi connectivity index (χ4v) is 7.17. The molecule has 2 saturated heterocycles. The summed E-state index contributed by atoms with van der Waals surface area (Å²) in [5, 5.41) is 5.71. The van der Waals surface area contributed by atoms with Gasteiger partial charge in [-0.15, -0.1) is 0 Å². The Bertz CT molecular complexity index is 1140. The highest BCUT2D eigenvalue weighted by Crippen LogP contribution is 2.38. The third-order valence-corrected chi connectivity index (χ3v) is 9.34. The van der Waals surface area contributed by atoms with Crippen molar-refractivity contribution in [3.8, 4) is 5.75 Å². The second-order valence-electron chi connectivity index (χ2n) is 11.7. The van der Waals surface area contributed by atoms with Crippen molar-refractivity contribution in [1.29, 1.82) is 0 Å². The van der Waals surface area contributed by atoms with Crippen molar-refractivity contribution in [3.63, 3.8) is 0 Å². The van der Waals surface area contributed by atoms with Gasteiger partial charge in [-0.2, -0.15) is 4.31 Å². The monoisotopic (exact) mass is 558 g/mol. The predicted molar refractivity (Wildman–Crippen MR) is 140 cm³/mol. The number of halogens is 2. The molecule has 3 rings (SSSR count). The van der Waals surface area contributed by atoms with Gasteiger partial charge < -0.3 is 20.3 Å². The number of nitrogens with zero attached hydrogens (tertiary/aromatic N) is 2. The van der Waals surface area contributed by atoms with E-state index in [9.17, 15) is 26.8 Å². The summed E-state index contributed by atoms with van der Waals surface area (Å²) >= 11 is 0. The van der Waals surface area contributed by atoms with Gasteiger partial charge in [-0.3, -0.25) is 9.59 Å². The summed E-state index contributed by atoms with van der Waals surface area (Å²) in [5.74, 6) is -2.93. The van der Waals surface area contributed by atoms with E-state index in [1.54, 1.807) is 18.9 Å². The Morgan fingerprint density at radius 1 is 1.16 bits per heavy atom. The van der Waals surface area contributed by atoms with E-state index in [0.29, 0.717) is 6.42 Å². The molecule has 1 aromatic rings. The summed E-state index contributed by atoms with van der Waals surface area (Å²) in [4.78, 5) is 28.3. The van der Waals surface area contributed by atoms with Crippen molar-refractivity contribution in [2.45, 2.75) is 78.2 Å². The van der Waals surface area contributed by atoms with Gasteiger partial charge in [0.15, 0.2) is 11.6 Å². The maximum absolute atomic E-state index is 14.0. The molecule has 2 aliphatic rings. The number of nitrogens with one attached hydrogen (secondary N) is 2. The van der Waals surface area contributed by atoms with E-state index < -0.39 is 57.3 Å². The lowest BCUT2D eigenvalue weighted by Gasteiger charge is -2.37. The van der Waals surface area contributed by atoms with Gasteiger partial charge in [-0.05, 0) is 43.9 Å². The zero-order chi connectivity index (χ0) is 28.6. The Morgan fingerprint density at radius 3 is 2.37 bits per heavy atom. The number of carbonyl (C=O) groups is 2. The molecule has 12 heteroatoms. The summed E-state index contributed by atoms with van der Waals surface area (Å²) in [6.07, 6.45) is -0.422. The highest BCUT2D eigenvalue weighted by atomic mass is 32.2. The zero-order valence-electron chi connectivity index (χ0n) is 23.1. The van der Waals surface area contributed by atoms with E-state index in [2.05, 4.69) is 10.6 Å². The molecule has 0 spiro atoms. The van der Waals surface area contributed by atoms with Gasteiger partial charge in [0.25, 0.3) is 0 Å². The van der Waals surface area contributed by atoms with Crippen molar-refractivity contribution >= 4 is 21.8 Å². The molecule has 0 unspecified atom stereocenters. The molecule has 2 fully saturated rings. The number of hydrogen-bond donors (Lipinski definition) is 2. The number of likely N-dealkylation sites (N-methyl/N-ethyl adjacent to an activating group) is 1. The standard InChI is InChI=1S/C26H40F2N4O5S/c1-15(2)14-38(35,36)32-13-21(37-17-8-9-18(27)19(28)12-17)22-20(32)10-11-31(22)25(34)23(26(4,5)6)30-24(33)16(3)29-7/h8-9,12,15-16,20-23,29H,10-11,13-14H2,1-7H3,(H,30,33)/t16-,20+,21-,22-,23+/m0/s1. The molecule has 38 heavy (non-hydrogen) atoms. The van der Waals surface area contributed by atoms with Gasteiger partial charge in [0.1, 0.15) is 17.9 Å². The molecule has 9 nitrogen and oxygen atoms in total. The fourth-order valence-electron chi connectivity index (χ4n) is 5.12. The van der Waals surface area contributed by atoms with Gasteiger partial charge in [-0.1, -0.05) is 34.6 Å². The summed E-state index contributed by atoms with van der Waals surface area (Å²) in [6.45, 7) is 11.1. The minimum Gasteiger partial charge on any atom is -0.487 e. The molecule has 0 radical (unpaired) electrons. The molecular formula is C26H40F2N4O5S. The number of amides is 2. The fraction of sp³-hybridized carbons (Fsp3) is 0.692. The molecule has 214 valence electrons. The van der Waals surface area contributed by atoms with Crippen molar-refractivity contribution < 1.29 is 31.5 Å². The van der Waals surface area contributed by atoms with Crippen LogP contribution in [0, 0.1) is 23.0 Å². The Morgan fingerprint density at radius 2 is 1.82 bits per heavy atom. The summed E-state index contributed by atoms with van der Waals surface area (Å²) in [6, 6.07) is 0.522. The minimum absolute atomic E-state index is 0.0313. The summed E-state index contributed by atoms with van der Waals surface area (Å²) < 4.78 is 61.5. The Kier molecular flexibility index (Phi) is 9.09. The van der Waals surface area contributed by atoms with Gasteiger partial charge in [-0.25, -0.2) is 17.2 Å². The molecule has 2 N–H and O–H groups in total. The molecule has 1 aromatic carbocycles. The van der Waals surface area contributed by atoms with Crippen LogP contribution in [0.4, 0.5) is 8.78 Å². The van der Waals surface area contributed by atoms with Gasteiger partial charge in [0.05, 0.1) is 30.4 Å². The van der Waals surface area contributed by atoms with Crippen LogP contribution in [-0.4, -0.2) is 85.6 Å². The first-order chi connectivity index (χ1) is 17.6. The van der Waals surface area contributed by atoms with Crippen LogP contribution in [0.5, 0.6) is 5.75 Å². The SMILES string of the molecule is CN[C@@H](C)C(=O)N[C@H](C(=O)N1CC[C@@H]2[C@H]1[C@@H](Oc1ccc(F)c(F)c1)CN2S(=O)(=O)CC(C)C)C(C)(C)C. The first-order valence-corrected chi connectivity index (χ1v) is 14.6. The van der Waals surface area contributed by atoms with Gasteiger partial charge >= 0.3 is 0 Å². The van der Waals surface area contributed by atoms with Crippen LogP contribution in [0.3, 0.4) is 0 Å². The molecule has 0 aromatic heterocycles. The quantitative estimate of drug-likeness (QED) is 0.481. The highest BCUT2D eigenvalue weighted by molar-refractivity contribution is 7.89.